The molecule has 0 atom stereocenters. The molecule has 0 bridgehead atoms. The highest BCUT2D eigenvalue weighted by atomic mass is 35.5. The van der Waals surface area contributed by atoms with E-state index < -0.39 is 5.82 Å². The molecule has 6 nitrogen and oxygen atoms in total. The SMILES string of the molecule is Nc1cnccc1Nc1cc(-c2cc(Cl)ccc2F)nc2c1OCCN2. The maximum Gasteiger partial charge on any atom is 0.185 e. The molecule has 4 rings (SSSR count). The summed E-state index contributed by atoms with van der Waals surface area (Å²) in [5, 5.41) is 6.82. The monoisotopic (exact) mass is 371 g/mol. The molecule has 0 aliphatic carbocycles. The third-order valence-corrected chi connectivity index (χ3v) is 4.17. The molecule has 2 aromatic heterocycles. The Labute approximate surface area is 154 Å². The zero-order valence-corrected chi connectivity index (χ0v) is 14.3. The van der Waals surface area contributed by atoms with E-state index in [2.05, 4.69) is 20.6 Å². The molecule has 1 aliphatic rings. The van der Waals surface area contributed by atoms with Gasteiger partial charge in [0.2, 0.25) is 0 Å². The van der Waals surface area contributed by atoms with Crippen LogP contribution in [0.3, 0.4) is 0 Å². The fourth-order valence-electron chi connectivity index (χ4n) is 2.71. The number of nitrogens with zero attached hydrogens (tertiary/aromatic N) is 2. The van der Waals surface area contributed by atoms with E-state index in [9.17, 15) is 4.39 Å². The average molecular weight is 372 g/mol. The number of ether oxygens (including phenoxy) is 1. The highest BCUT2D eigenvalue weighted by molar-refractivity contribution is 6.30. The van der Waals surface area contributed by atoms with E-state index in [1.54, 1.807) is 30.6 Å². The van der Waals surface area contributed by atoms with E-state index >= 15 is 0 Å². The van der Waals surface area contributed by atoms with Gasteiger partial charge in [0.15, 0.2) is 11.6 Å². The van der Waals surface area contributed by atoms with Gasteiger partial charge in [0.1, 0.15) is 12.4 Å². The van der Waals surface area contributed by atoms with Gasteiger partial charge in [0.05, 0.1) is 35.5 Å². The lowest BCUT2D eigenvalue weighted by Gasteiger charge is -2.23. The Balaban J connectivity index is 1.85. The number of nitrogens with one attached hydrogen (secondary N) is 2. The number of aromatic nitrogens is 2. The van der Waals surface area contributed by atoms with Crippen LogP contribution in [0, 0.1) is 5.82 Å². The van der Waals surface area contributed by atoms with E-state index in [-0.39, 0.29) is 0 Å². The molecular formula is C18H15ClFN5O. The van der Waals surface area contributed by atoms with Crippen molar-refractivity contribution in [1.29, 1.82) is 0 Å². The number of nitrogens with two attached hydrogens (primary N) is 1. The van der Waals surface area contributed by atoms with Crippen LogP contribution in [-0.2, 0) is 0 Å². The molecule has 3 heterocycles. The standard InChI is InChI=1S/C18H15ClFN5O/c19-10-1-2-12(20)11(7-10)15-8-16(17-18(25-15)23-5-6-26-17)24-14-3-4-22-9-13(14)21/h1-4,7-9H,5-6,21H2,(H2,22,23,24,25). The zero-order valence-electron chi connectivity index (χ0n) is 13.6. The number of anilines is 4. The van der Waals surface area contributed by atoms with Crippen molar-refractivity contribution >= 4 is 34.5 Å². The smallest absolute Gasteiger partial charge is 0.185 e. The highest BCUT2D eigenvalue weighted by Gasteiger charge is 2.20. The van der Waals surface area contributed by atoms with E-state index in [0.717, 1.165) is 0 Å². The molecule has 3 aromatic rings. The lowest BCUT2D eigenvalue weighted by Crippen LogP contribution is -2.20. The van der Waals surface area contributed by atoms with Gasteiger partial charge >= 0.3 is 0 Å². The molecule has 0 spiro atoms. The van der Waals surface area contributed by atoms with Crippen molar-refractivity contribution in [3.05, 3.63) is 53.6 Å². The summed E-state index contributed by atoms with van der Waals surface area (Å²) in [6.45, 7) is 1.11. The van der Waals surface area contributed by atoms with Gasteiger partial charge in [-0.1, -0.05) is 11.6 Å². The second kappa shape index (κ2) is 6.68. The minimum absolute atomic E-state index is 0.304. The summed E-state index contributed by atoms with van der Waals surface area (Å²) in [5.74, 6) is 0.676. The molecule has 0 radical (unpaired) electrons. The van der Waals surface area contributed by atoms with Gasteiger partial charge in [0.25, 0.3) is 0 Å². The number of halogens is 2. The maximum absolute atomic E-state index is 14.3. The first-order chi connectivity index (χ1) is 12.6. The molecule has 1 aromatic carbocycles. The van der Waals surface area contributed by atoms with Crippen molar-refractivity contribution < 1.29 is 9.13 Å². The number of fused-ring (bicyclic) bond motifs is 1. The van der Waals surface area contributed by atoms with Gasteiger partial charge < -0.3 is 21.1 Å². The molecule has 4 N–H and O–H groups in total. The molecular weight excluding hydrogens is 357 g/mol. The highest BCUT2D eigenvalue weighted by Crippen LogP contribution is 2.40. The number of rotatable bonds is 3. The van der Waals surface area contributed by atoms with Crippen LogP contribution in [-0.4, -0.2) is 23.1 Å². The molecule has 0 amide bonds. The molecule has 132 valence electrons. The van der Waals surface area contributed by atoms with Crippen LogP contribution in [0.1, 0.15) is 0 Å². The Morgan fingerprint density at radius 1 is 1.23 bits per heavy atom. The van der Waals surface area contributed by atoms with Gasteiger partial charge in [-0.05, 0) is 30.3 Å². The largest absolute Gasteiger partial charge is 0.486 e. The van der Waals surface area contributed by atoms with E-state index in [0.29, 0.717) is 58.1 Å². The first-order valence-electron chi connectivity index (χ1n) is 7.95. The van der Waals surface area contributed by atoms with Crippen LogP contribution in [0.5, 0.6) is 5.75 Å². The lowest BCUT2D eigenvalue weighted by molar-refractivity contribution is 0.323. The number of hydrogen-bond acceptors (Lipinski definition) is 6. The van der Waals surface area contributed by atoms with Crippen molar-refractivity contribution in [3.8, 4) is 17.0 Å². The second-order valence-electron chi connectivity index (χ2n) is 5.72. The second-order valence-corrected chi connectivity index (χ2v) is 6.16. The Bertz CT molecular complexity index is 982. The summed E-state index contributed by atoms with van der Waals surface area (Å²) in [7, 11) is 0. The summed E-state index contributed by atoms with van der Waals surface area (Å²) in [6.07, 6.45) is 3.18. The van der Waals surface area contributed by atoms with Crippen molar-refractivity contribution in [1.82, 2.24) is 9.97 Å². The maximum atomic E-state index is 14.3. The molecule has 0 saturated heterocycles. The Morgan fingerprint density at radius 3 is 2.96 bits per heavy atom. The van der Waals surface area contributed by atoms with Crippen LogP contribution in [0.4, 0.5) is 27.3 Å². The molecule has 0 saturated carbocycles. The topological polar surface area (TPSA) is 85.1 Å². The van der Waals surface area contributed by atoms with Crippen molar-refractivity contribution in [2.75, 3.05) is 29.5 Å². The first-order valence-corrected chi connectivity index (χ1v) is 8.33. The molecule has 26 heavy (non-hydrogen) atoms. The third kappa shape index (κ3) is 3.09. The fraction of sp³-hybridized carbons (Fsp3) is 0.111. The fourth-order valence-corrected chi connectivity index (χ4v) is 2.88. The number of nitrogen functional groups attached to an aromatic ring is 1. The summed E-state index contributed by atoms with van der Waals surface area (Å²) in [5.41, 5.74) is 8.47. The van der Waals surface area contributed by atoms with Gasteiger partial charge in [-0.2, -0.15) is 0 Å². The van der Waals surface area contributed by atoms with E-state index in [1.165, 1.54) is 12.1 Å². The summed E-state index contributed by atoms with van der Waals surface area (Å²) < 4.78 is 20.1. The normalized spacial score (nSPS) is 12.7. The molecule has 0 unspecified atom stereocenters. The van der Waals surface area contributed by atoms with Crippen LogP contribution < -0.4 is 21.1 Å². The van der Waals surface area contributed by atoms with Gasteiger partial charge in [-0.25, -0.2) is 9.37 Å². The minimum Gasteiger partial charge on any atom is -0.486 e. The van der Waals surface area contributed by atoms with Crippen LogP contribution in [0.2, 0.25) is 5.02 Å². The van der Waals surface area contributed by atoms with E-state index in [4.69, 9.17) is 22.1 Å². The summed E-state index contributed by atoms with van der Waals surface area (Å²) >= 11 is 6.03. The summed E-state index contributed by atoms with van der Waals surface area (Å²) in [4.78, 5) is 8.47. The Kier molecular flexibility index (Phi) is 4.22. The first kappa shape index (κ1) is 16.4. The predicted octanol–water partition coefficient (Wildman–Crippen LogP) is 4.07. The van der Waals surface area contributed by atoms with Crippen LogP contribution in [0.15, 0.2) is 42.7 Å². The van der Waals surface area contributed by atoms with Gasteiger partial charge in [-0.3, -0.25) is 4.98 Å². The van der Waals surface area contributed by atoms with Crippen molar-refractivity contribution in [2.24, 2.45) is 0 Å². The minimum atomic E-state index is -0.409. The molecule has 8 heteroatoms. The van der Waals surface area contributed by atoms with Gasteiger partial charge in [-0.15, -0.1) is 0 Å². The molecule has 0 fully saturated rings. The Hall–Kier alpha value is -3.06. The number of benzene rings is 1. The van der Waals surface area contributed by atoms with Crippen LogP contribution in [0.25, 0.3) is 11.3 Å². The predicted molar refractivity (Wildman–Crippen MR) is 101 cm³/mol. The van der Waals surface area contributed by atoms with Crippen molar-refractivity contribution in [2.45, 2.75) is 0 Å². The van der Waals surface area contributed by atoms with Gasteiger partial charge in [0, 0.05) is 16.8 Å². The number of hydrogen-bond donors (Lipinski definition) is 3. The lowest BCUT2D eigenvalue weighted by atomic mass is 10.1. The number of pyridine rings is 2. The van der Waals surface area contributed by atoms with Crippen LogP contribution >= 0.6 is 11.6 Å². The zero-order chi connectivity index (χ0) is 18.1. The molecule has 1 aliphatic heterocycles. The Morgan fingerprint density at radius 2 is 2.12 bits per heavy atom. The average Bonchev–Trinajstić information content (AvgIpc) is 2.65. The quantitative estimate of drug-likeness (QED) is 0.643. The summed E-state index contributed by atoms with van der Waals surface area (Å²) in [6, 6.07) is 7.81. The third-order valence-electron chi connectivity index (χ3n) is 3.94. The van der Waals surface area contributed by atoms with Crippen molar-refractivity contribution in [3.63, 3.8) is 0 Å². The van der Waals surface area contributed by atoms with E-state index in [1.807, 2.05) is 0 Å².